The summed E-state index contributed by atoms with van der Waals surface area (Å²) >= 11 is 6.10. The van der Waals surface area contributed by atoms with Crippen LogP contribution < -0.4 is 5.32 Å². The summed E-state index contributed by atoms with van der Waals surface area (Å²) < 4.78 is 32.2. The lowest BCUT2D eigenvalue weighted by Gasteiger charge is -2.11. The fraction of sp³-hybridized carbons (Fsp3) is 0.217. The first-order valence-electron chi connectivity index (χ1n) is 9.47. The van der Waals surface area contributed by atoms with Crippen molar-refractivity contribution in [2.75, 3.05) is 6.54 Å². The Balaban J connectivity index is 1.59. The van der Waals surface area contributed by atoms with E-state index < -0.39 is 17.5 Å². The van der Waals surface area contributed by atoms with Crippen LogP contribution in [0.15, 0.2) is 53.1 Å². The van der Waals surface area contributed by atoms with E-state index in [0.717, 1.165) is 22.8 Å². The lowest BCUT2D eigenvalue weighted by atomic mass is 9.98. The van der Waals surface area contributed by atoms with E-state index in [1.165, 1.54) is 18.2 Å². The number of hydrogen-bond donors (Lipinski definition) is 1. The van der Waals surface area contributed by atoms with Crippen LogP contribution in [0.3, 0.4) is 0 Å². The lowest BCUT2D eigenvalue weighted by Crippen LogP contribution is -2.24. The highest BCUT2D eigenvalue weighted by molar-refractivity contribution is 6.30. The molecule has 0 aliphatic heterocycles. The molecule has 1 heterocycles. The van der Waals surface area contributed by atoms with E-state index in [2.05, 4.69) is 10.5 Å². The second kappa shape index (κ2) is 9.67. The first kappa shape index (κ1) is 21.7. The van der Waals surface area contributed by atoms with E-state index in [0.29, 0.717) is 18.0 Å². The fourth-order valence-corrected chi connectivity index (χ4v) is 3.32. The number of nitrogens with zero attached hydrogens (tertiary/aromatic N) is 1. The molecule has 0 aliphatic rings. The quantitative estimate of drug-likeness (QED) is 0.521. The topological polar surface area (TPSA) is 55.1 Å². The number of allylic oxidation sites excluding steroid dienone is 1. The van der Waals surface area contributed by atoms with Crippen LogP contribution in [0.25, 0.3) is 5.57 Å². The van der Waals surface area contributed by atoms with Crippen LogP contribution in [0.4, 0.5) is 8.78 Å². The molecule has 0 bridgehead atoms. The zero-order valence-corrected chi connectivity index (χ0v) is 17.4. The minimum atomic E-state index is -0.935. The van der Waals surface area contributed by atoms with Gasteiger partial charge in [0, 0.05) is 24.1 Å². The van der Waals surface area contributed by atoms with Crippen molar-refractivity contribution in [2.45, 2.75) is 26.7 Å². The zero-order chi connectivity index (χ0) is 21.7. The molecule has 3 rings (SSSR count). The number of amides is 1. The van der Waals surface area contributed by atoms with E-state index >= 15 is 0 Å². The van der Waals surface area contributed by atoms with E-state index in [9.17, 15) is 13.6 Å². The van der Waals surface area contributed by atoms with Gasteiger partial charge in [-0.3, -0.25) is 4.79 Å². The summed E-state index contributed by atoms with van der Waals surface area (Å²) in [6.45, 7) is 4.34. The number of aryl methyl sites for hydroxylation is 1. The largest absolute Gasteiger partial charge is 0.360 e. The second-order valence-electron chi connectivity index (χ2n) is 6.85. The minimum absolute atomic E-state index is 0.000632. The Hall–Kier alpha value is -2.99. The number of benzene rings is 2. The summed E-state index contributed by atoms with van der Waals surface area (Å²) in [4.78, 5) is 12.4. The van der Waals surface area contributed by atoms with Crippen molar-refractivity contribution >= 4 is 23.1 Å². The molecule has 3 aromatic rings. The van der Waals surface area contributed by atoms with Crippen molar-refractivity contribution in [3.8, 4) is 0 Å². The van der Waals surface area contributed by atoms with Gasteiger partial charge in [0.15, 0.2) is 17.3 Å². The van der Waals surface area contributed by atoms with Gasteiger partial charge in [0.1, 0.15) is 5.76 Å². The molecule has 0 radical (unpaired) electrons. The van der Waals surface area contributed by atoms with Gasteiger partial charge in [0.2, 0.25) is 0 Å². The van der Waals surface area contributed by atoms with Crippen molar-refractivity contribution in [1.29, 1.82) is 0 Å². The molecular formula is C23H21ClF2N2O2. The van der Waals surface area contributed by atoms with E-state index in [4.69, 9.17) is 16.1 Å². The van der Waals surface area contributed by atoms with Crippen LogP contribution in [0.5, 0.6) is 0 Å². The fourth-order valence-electron chi connectivity index (χ4n) is 3.15. The van der Waals surface area contributed by atoms with Crippen molar-refractivity contribution < 1.29 is 18.1 Å². The minimum Gasteiger partial charge on any atom is -0.360 e. The van der Waals surface area contributed by atoms with Gasteiger partial charge >= 0.3 is 0 Å². The summed E-state index contributed by atoms with van der Waals surface area (Å²) in [5.74, 6) is -1.99. The third-order valence-corrected chi connectivity index (χ3v) is 5.00. The molecule has 2 aromatic carbocycles. The number of carbonyl (C=O) groups is 1. The predicted octanol–water partition coefficient (Wildman–Crippen LogP) is 5.73. The Labute approximate surface area is 178 Å². The number of rotatable bonds is 7. The molecule has 0 saturated carbocycles. The van der Waals surface area contributed by atoms with Crippen molar-refractivity contribution in [3.05, 3.63) is 93.3 Å². The van der Waals surface area contributed by atoms with Gasteiger partial charge < -0.3 is 9.84 Å². The molecule has 30 heavy (non-hydrogen) atoms. The highest BCUT2D eigenvalue weighted by Crippen LogP contribution is 2.25. The van der Waals surface area contributed by atoms with Crippen LogP contribution in [0.1, 0.15) is 46.3 Å². The molecule has 1 N–H and O–H groups in total. The highest BCUT2D eigenvalue weighted by Gasteiger charge is 2.15. The molecule has 156 valence electrons. The zero-order valence-electron chi connectivity index (χ0n) is 16.6. The van der Waals surface area contributed by atoms with E-state index in [1.807, 2.05) is 38.1 Å². The number of halogens is 3. The molecule has 0 saturated heterocycles. The predicted molar refractivity (Wildman–Crippen MR) is 112 cm³/mol. The Bertz CT molecular complexity index is 1090. The van der Waals surface area contributed by atoms with Gasteiger partial charge in [-0.2, -0.15) is 0 Å². The third-order valence-electron chi connectivity index (χ3n) is 4.76. The monoisotopic (exact) mass is 430 g/mol. The second-order valence-corrected chi connectivity index (χ2v) is 7.28. The first-order valence-corrected chi connectivity index (χ1v) is 9.85. The lowest BCUT2D eigenvalue weighted by molar-refractivity contribution is 0.0945. The summed E-state index contributed by atoms with van der Waals surface area (Å²) in [6.07, 6.45) is 2.61. The molecule has 0 unspecified atom stereocenters. The molecule has 1 aromatic heterocycles. The normalized spacial score (nSPS) is 11.6. The SMILES string of the molecule is C/C=C(/CCNC(=O)c1cc(Cc2cccc(F)c2F)on1)c1cc(Cl)ccc1C. The smallest absolute Gasteiger partial charge is 0.273 e. The number of aromatic nitrogens is 1. The summed E-state index contributed by atoms with van der Waals surface area (Å²) in [5.41, 5.74) is 3.43. The maximum Gasteiger partial charge on any atom is 0.273 e. The van der Waals surface area contributed by atoms with Crippen LogP contribution >= 0.6 is 11.6 Å². The standard InChI is InChI=1S/C23H21ClF2N2O2/c1-3-15(19-12-17(24)8-7-14(19)2)9-10-27-23(29)21-13-18(30-28-21)11-16-5-4-6-20(25)22(16)26/h3-8,12-13H,9-11H2,1-2H3,(H,27,29)/b15-3-. The average molecular weight is 431 g/mol. The van der Waals surface area contributed by atoms with Gasteiger partial charge in [0.25, 0.3) is 5.91 Å². The van der Waals surface area contributed by atoms with Crippen LogP contribution in [0, 0.1) is 18.6 Å². The maximum atomic E-state index is 13.8. The Kier molecular flexibility index (Phi) is 7.00. The molecule has 1 amide bonds. The van der Waals surface area contributed by atoms with Gasteiger partial charge in [-0.05, 0) is 60.7 Å². The van der Waals surface area contributed by atoms with Gasteiger partial charge in [-0.1, -0.05) is 41.0 Å². The van der Waals surface area contributed by atoms with Gasteiger partial charge in [0.05, 0.1) is 0 Å². The van der Waals surface area contributed by atoms with Crippen molar-refractivity contribution in [1.82, 2.24) is 10.5 Å². The van der Waals surface area contributed by atoms with Crippen LogP contribution in [-0.2, 0) is 6.42 Å². The molecule has 0 fully saturated rings. The molecule has 0 aliphatic carbocycles. The molecule has 4 nitrogen and oxygen atoms in total. The number of nitrogens with one attached hydrogen (secondary N) is 1. The first-order chi connectivity index (χ1) is 14.4. The maximum absolute atomic E-state index is 13.8. The van der Waals surface area contributed by atoms with E-state index in [1.54, 1.807) is 0 Å². The highest BCUT2D eigenvalue weighted by atomic mass is 35.5. The number of carbonyl (C=O) groups excluding carboxylic acids is 1. The summed E-state index contributed by atoms with van der Waals surface area (Å²) in [7, 11) is 0. The number of hydrogen-bond acceptors (Lipinski definition) is 3. The summed E-state index contributed by atoms with van der Waals surface area (Å²) in [6, 6.07) is 11.0. The molecule has 0 atom stereocenters. The summed E-state index contributed by atoms with van der Waals surface area (Å²) in [5, 5.41) is 7.18. The van der Waals surface area contributed by atoms with Crippen LogP contribution in [0.2, 0.25) is 5.02 Å². The van der Waals surface area contributed by atoms with Gasteiger partial charge in [-0.25, -0.2) is 8.78 Å². The Morgan fingerprint density at radius 3 is 2.80 bits per heavy atom. The molecule has 0 spiro atoms. The molecule has 7 heteroatoms. The van der Waals surface area contributed by atoms with Crippen LogP contribution in [-0.4, -0.2) is 17.6 Å². The van der Waals surface area contributed by atoms with Crippen molar-refractivity contribution in [3.63, 3.8) is 0 Å². The molecular weight excluding hydrogens is 410 g/mol. The Morgan fingerprint density at radius 1 is 1.23 bits per heavy atom. The van der Waals surface area contributed by atoms with E-state index in [-0.39, 0.29) is 23.4 Å². The van der Waals surface area contributed by atoms with Crippen molar-refractivity contribution in [2.24, 2.45) is 0 Å². The third kappa shape index (κ3) is 5.13. The average Bonchev–Trinajstić information content (AvgIpc) is 3.19. The van der Waals surface area contributed by atoms with Gasteiger partial charge in [-0.15, -0.1) is 0 Å². The Morgan fingerprint density at radius 2 is 2.03 bits per heavy atom.